The number of amides is 1. The van der Waals surface area contributed by atoms with Gasteiger partial charge in [-0.1, -0.05) is 18.2 Å². The summed E-state index contributed by atoms with van der Waals surface area (Å²) in [6.45, 7) is 0.648. The third-order valence-corrected chi connectivity index (χ3v) is 3.97. The van der Waals surface area contributed by atoms with E-state index < -0.39 is 6.36 Å². The molecule has 1 amide bonds. The van der Waals surface area contributed by atoms with E-state index in [0.29, 0.717) is 19.4 Å². The minimum Gasteiger partial charge on any atom is -0.405 e. The van der Waals surface area contributed by atoms with Crippen molar-refractivity contribution in [2.75, 3.05) is 0 Å². The van der Waals surface area contributed by atoms with Gasteiger partial charge in [-0.3, -0.25) is 9.48 Å². The Morgan fingerprint density at radius 1 is 1.33 bits per heavy atom. The SMILES string of the molecule is O=C(NCc1ccccc1OC(F)(F)F)C1CCn2nccc2C1. The highest BCUT2D eigenvalue weighted by atomic mass is 19.4. The molecule has 24 heavy (non-hydrogen) atoms. The topological polar surface area (TPSA) is 56.1 Å². The number of hydrogen-bond donors (Lipinski definition) is 1. The molecule has 0 saturated carbocycles. The van der Waals surface area contributed by atoms with Crippen LogP contribution >= 0.6 is 0 Å². The molecule has 2 aromatic rings. The van der Waals surface area contributed by atoms with Gasteiger partial charge in [-0.05, 0) is 18.6 Å². The number of carbonyl (C=O) groups is 1. The zero-order valence-electron chi connectivity index (χ0n) is 12.7. The zero-order chi connectivity index (χ0) is 17.2. The predicted molar refractivity (Wildman–Crippen MR) is 79.0 cm³/mol. The standard InChI is InChI=1S/C16H16F3N3O2/c17-16(18,19)24-14-4-2-1-3-12(14)10-20-15(23)11-6-8-22-13(9-11)5-7-21-22/h1-5,7,11H,6,8-10H2,(H,20,23). The fourth-order valence-electron chi connectivity index (χ4n) is 2.79. The van der Waals surface area contributed by atoms with E-state index >= 15 is 0 Å². The van der Waals surface area contributed by atoms with Gasteiger partial charge in [-0.15, -0.1) is 13.2 Å². The highest BCUT2D eigenvalue weighted by Crippen LogP contribution is 2.26. The molecule has 0 saturated heterocycles. The number of aromatic nitrogens is 2. The molecule has 0 aliphatic carbocycles. The van der Waals surface area contributed by atoms with Gasteiger partial charge in [-0.25, -0.2) is 0 Å². The summed E-state index contributed by atoms with van der Waals surface area (Å²) in [6.07, 6.45) is -1.84. The van der Waals surface area contributed by atoms with Crippen LogP contribution in [0.4, 0.5) is 13.2 Å². The van der Waals surface area contributed by atoms with Crippen molar-refractivity contribution in [3.63, 3.8) is 0 Å². The Balaban J connectivity index is 1.61. The van der Waals surface area contributed by atoms with Crippen LogP contribution in [0.3, 0.4) is 0 Å². The molecule has 1 aromatic heterocycles. The number of ether oxygens (including phenoxy) is 1. The normalized spacial score (nSPS) is 17.2. The first kappa shape index (κ1) is 16.4. The van der Waals surface area contributed by atoms with Gasteiger partial charge in [-0.2, -0.15) is 5.10 Å². The Morgan fingerprint density at radius 3 is 2.92 bits per heavy atom. The van der Waals surface area contributed by atoms with Crippen LogP contribution in [0.2, 0.25) is 0 Å². The van der Waals surface area contributed by atoms with Crippen LogP contribution in [0, 0.1) is 5.92 Å². The molecular weight excluding hydrogens is 323 g/mol. The maximum atomic E-state index is 12.4. The number of nitrogens with one attached hydrogen (secondary N) is 1. The minimum absolute atomic E-state index is 0.0130. The average Bonchev–Trinajstić information content (AvgIpc) is 2.99. The van der Waals surface area contributed by atoms with E-state index in [-0.39, 0.29) is 29.7 Å². The summed E-state index contributed by atoms with van der Waals surface area (Å²) in [5, 5.41) is 6.85. The Kier molecular flexibility index (Phi) is 4.46. The monoisotopic (exact) mass is 339 g/mol. The van der Waals surface area contributed by atoms with Crippen LogP contribution in [0.1, 0.15) is 17.7 Å². The molecule has 128 valence electrons. The van der Waals surface area contributed by atoms with Crippen molar-refractivity contribution in [1.29, 1.82) is 0 Å². The van der Waals surface area contributed by atoms with Gasteiger partial charge in [0.15, 0.2) is 0 Å². The van der Waals surface area contributed by atoms with E-state index in [0.717, 1.165) is 5.69 Å². The van der Waals surface area contributed by atoms with E-state index in [2.05, 4.69) is 15.2 Å². The summed E-state index contributed by atoms with van der Waals surface area (Å²) in [5.41, 5.74) is 1.27. The van der Waals surface area contributed by atoms with Crippen molar-refractivity contribution in [3.05, 3.63) is 47.8 Å². The van der Waals surface area contributed by atoms with Crippen LogP contribution in [0.5, 0.6) is 5.75 Å². The zero-order valence-corrected chi connectivity index (χ0v) is 12.7. The van der Waals surface area contributed by atoms with Gasteiger partial charge >= 0.3 is 6.36 Å². The van der Waals surface area contributed by atoms with Crippen LogP contribution in [-0.4, -0.2) is 22.1 Å². The Bertz CT molecular complexity index is 727. The smallest absolute Gasteiger partial charge is 0.405 e. The Morgan fingerprint density at radius 2 is 2.12 bits per heavy atom. The molecule has 0 spiro atoms. The van der Waals surface area contributed by atoms with E-state index in [9.17, 15) is 18.0 Å². The number of benzene rings is 1. The lowest BCUT2D eigenvalue weighted by Gasteiger charge is -2.22. The summed E-state index contributed by atoms with van der Waals surface area (Å²) in [6, 6.07) is 7.65. The third kappa shape index (κ3) is 3.87. The highest BCUT2D eigenvalue weighted by molar-refractivity contribution is 5.79. The molecule has 1 aliphatic rings. The van der Waals surface area contributed by atoms with Gasteiger partial charge in [0, 0.05) is 42.9 Å². The maximum Gasteiger partial charge on any atom is 0.573 e. The summed E-state index contributed by atoms with van der Waals surface area (Å²) < 4.78 is 43.1. The van der Waals surface area contributed by atoms with E-state index in [1.54, 1.807) is 12.3 Å². The number of rotatable bonds is 4. The Labute approximate surface area is 136 Å². The van der Waals surface area contributed by atoms with Crippen molar-refractivity contribution < 1.29 is 22.7 Å². The van der Waals surface area contributed by atoms with Crippen LogP contribution in [0.25, 0.3) is 0 Å². The lowest BCUT2D eigenvalue weighted by Crippen LogP contribution is -2.35. The second kappa shape index (κ2) is 6.54. The Hall–Kier alpha value is -2.51. The molecule has 0 bridgehead atoms. The molecule has 1 N–H and O–H groups in total. The number of alkyl halides is 3. The van der Waals surface area contributed by atoms with Gasteiger partial charge < -0.3 is 10.1 Å². The lowest BCUT2D eigenvalue weighted by molar-refractivity contribution is -0.274. The van der Waals surface area contributed by atoms with Gasteiger partial charge in [0.05, 0.1) is 0 Å². The van der Waals surface area contributed by atoms with Crippen LogP contribution in [0.15, 0.2) is 36.5 Å². The molecule has 0 radical (unpaired) electrons. The molecule has 1 aromatic carbocycles. The third-order valence-electron chi connectivity index (χ3n) is 3.97. The summed E-state index contributed by atoms with van der Waals surface area (Å²) >= 11 is 0. The van der Waals surface area contributed by atoms with Crippen molar-refractivity contribution in [2.24, 2.45) is 5.92 Å². The number of fused-ring (bicyclic) bond motifs is 1. The first-order valence-corrected chi connectivity index (χ1v) is 7.54. The van der Waals surface area contributed by atoms with E-state index in [1.165, 1.54) is 18.2 Å². The maximum absolute atomic E-state index is 12.4. The summed E-state index contributed by atoms with van der Waals surface area (Å²) in [4.78, 5) is 12.3. The number of hydrogen-bond acceptors (Lipinski definition) is 3. The molecule has 5 nitrogen and oxygen atoms in total. The summed E-state index contributed by atoms with van der Waals surface area (Å²) in [5.74, 6) is -0.679. The molecular formula is C16H16F3N3O2. The van der Waals surface area contributed by atoms with E-state index in [4.69, 9.17) is 0 Å². The largest absolute Gasteiger partial charge is 0.573 e. The fourth-order valence-corrected chi connectivity index (χ4v) is 2.79. The van der Waals surface area contributed by atoms with Gasteiger partial charge in [0.1, 0.15) is 5.75 Å². The van der Waals surface area contributed by atoms with Crippen molar-refractivity contribution in [3.8, 4) is 5.75 Å². The highest BCUT2D eigenvalue weighted by Gasteiger charge is 2.32. The molecule has 8 heteroatoms. The van der Waals surface area contributed by atoms with Gasteiger partial charge in [0.25, 0.3) is 0 Å². The van der Waals surface area contributed by atoms with Crippen LogP contribution in [-0.2, 0) is 24.3 Å². The molecule has 3 rings (SSSR count). The number of aryl methyl sites for hydroxylation is 1. The van der Waals surface area contributed by atoms with Crippen molar-refractivity contribution in [1.82, 2.24) is 15.1 Å². The lowest BCUT2D eigenvalue weighted by atomic mass is 9.95. The quantitative estimate of drug-likeness (QED) is 0.932. The number of halogens is 3. The molecule has 1 aliphatic heterocycles. The number of para-hydroxylation sites is 1. The molecule has 2 heterocycles. The number of nitrogens with zero attached hydrogens (tertiary/aromatic N) is 2. The minimum atomic E-state index is -4.76. The molecule has 1 atom stereocenters. The average molecular weight is 339 g/mol. The second-order valence-electron chi connectivity index (χ2n) is 5.61. The predicted octanol–water partition coefficient (Wildman–Crippen LogP) is 2.66. The first-order chi connectivity index (χ1) is 11.4. The second-order valence-corrected chi connectivity index (χ2v) is 5.61. The molecule has 0 fully saturated rings. The van der Waals surface area contributed by atoms with Crippen molar-refractivity contribution in [2.45, 2.75) is 32.3 Å². The molecule has 1 unspecified atom stereocenters. The van der Waals surface area contributed by atoms with E-state index in [1.807, 2.05) is 10.7 Å². The van der Waals surface area contributed by atoms with Gasteiger partial charge in [0.2, 0.25) is 5.91 Å². The van der Waals surface area contributed by atoms with Crippen LogP contribution < -0.4 is 10.1 Å². The fraction of sp³-hybridized carbons (Fsp3) is 0.375. The first-order valence-electron chi connectivity index (χ1n) is 7.54. The number of carbonyl (C=O) groups excluding carboxylic acids is 1. The van der Waals surface area contributed by atoms with Crippen molar-refractivity contribution >= 4 is 5.91 Å². The summed E-state index contributed by atoms with van der Waals surface area (Å²) in [7, 11) is 0.